The molecule has 2 aliphatic rings. The van der Waals surface area contributed by atoms with Gasteiger partial charge in [0.15, 0.2) is 5.17 Å². The Kier molecular flexibility index (Phi) is 5.00. The van der Waals surface area contributed by atoms with Gasteiger partial charge in [-0.25, -0.2) is 9.89 Å². The minimum Gasteiger partial charge on any atom is -0.351 e. The Morgan fingerprint density at radius 2 is 1.89 bits per heavy atom. The van der Waals surface area contributed by atoms with E-state index in [1.165, 1.54) is 11.8 Å². The van der Waals surface area contributed by atoms with Crippen LogP contribution >= 0.6 is 11.8 Å². The topological polar surface area (TPSA) is 74.1 Å². The highest BCUT2D eigenvalue weighted by Crippen LogP contribution is 2.34. The fraction of sp³-hybridized carbons (Fsp3) is 0.238. The standard InChI is InChI=1S/C21H20N4O2S/c1-13-20(27)25-18(23-13)16-10-6-7-11-17(16)24-21(25)28-14(2)19(26)22-12-15-8-4-3-5-9-15/h3-11,13-14H,12H2,1-2H3,(H,22,26)/t13-,14+/m1/s1. The number of amides is 2. The van der Waals surface area contributed by atoms with Crippen LogP contribution in [0, 0.1) is 0 Å². The highest BCUT2D eigenvalue weighted by Gasteiger charge is 2.40. The molecule has 2 heterocycles. The first kappa shape index (κ1) is 18.4. The average Bonchev–Trinajstić information content (AvgIpc) is 3.02. The summed E-state index contributed by atoms with van der Waals surface area (Å²) in [5.41, 5.74) is 2.64. The van der Waals surface area contributed by atoms with E-state index in [0.717, 1.165) is 16.8 Å². The zero-order valence-electron chi connectivity index (χ0n) is 15.6. The molecule has 0 radical (unpaired) electrons. The van der Waals surface area contributed by atoms with Crippen LogP contribution < -0.4 is 5.32 Å². The maximum atomic E-state index is 12.6. The summed E-state index contributed by atoms with van der Waals surface area (Å²) in [7, 11) is 0. The number of nitrogens with one attached hydrogen (secondary N) is 1. The van der Waals surface area contributed by atoms with Crippen LogP contribution in [0.2, 0.25) is 0 Å². The minimum absolute atomic E-state index is 0.103. The fourth-order valence-electron chi connectivity index (χ4n) is 3.10. The van der Waals surface area contributed by atoms with Crippen LogP contribution in [-0.2, 0) is 16.1 Å². The molecule has 0 saturated heterocycles. The summed E-state index contributed by atoms with van der Waals surface area (Å²) in [6, 6.07) is 16.9. The third-order valence-corrected chi connectivity index (χ3v) is 5.67. The lowest BCUT2D eigenvalue weighted by Gasteiger charge is -2.26. The van der Waals surface area contributed by atoms with Crippen molar-refractivity contribution in [1.82, 2.24) is 10.2 Å². The Bertz CT molecular complexity index is 987. The van der Waals surface area contributed by atoms with Crippen LogP contribution in [-0.4, -0.2) is 39.0 Å². The van der Waals surface area contributed by atoms with Gasteiger partial charge in [-0.05, 0) is 31.5 Å². The molecule has 0 bridgehead atoms. The van der Waals surface area contributed by atoms with Crippen molar-refractivity contribution in [2.45, 2.75) is 31.7 Å². The van der Waals surface area contributed by atoms with Crippen LogP contribution in [0.5, 0.6) is 0 Å². The Labute approximate surface area is 167 Å². The monoisotopic (exact) mass is 392 g/mol. The van der Waals surface area contributed by atoms with Crippen molar-refractivity contribution >= 4 is 40.3 Å². The quantitative estimate of drug-likeness (QED) is 0.869. The third kappa shape index (κ3) is 3.45. The maximum Gasteiger partial charge on any atom is 0.258 e. The van der Waals surface area contributed by atoms with Gasteiger partial charge >= 0.3 is 0 Å². The van der Waals surface area contributed by atoms with Gasteiger partial charge in [-0.2, -0.15) is 0 Å². The molecule has 6 nitrogen and oxygen atoms in total. The van der Waals surface area contributed by atoms with Crippen LogP contribution in [0.3, 0.4) is 0 Å². The molecule has 1 N–H and O–H groups in total. The second kappa shape index (κ2) is 7.59. The van der Waals surface area contributed by atoms with Gasteiger partial charge in [0.05, 0.1) is 10.9 Å². The predicted octanol–water partition coefficient (Wildman–Crippen LogP) is 3.10. The van der Waals surface area contributed by atoms with E-state index in [-0.39, 0.29) is 11.8 Å². The van der Waals surface area contributed by atoms with E-state index < -0.39 is 11.3 Å². The largest absolute Gasteiger partial charge is 0.351 e. The lowest BCUT2D eigenvalue weighted by atomic mass is 10.1. The van der Waals surface area contributed by atoms with Gasteiger partial charge in [-0.1, -0.05) is 54.2 Å². The van der Waals surface area contributed by atoms with Crippen molar-refractivity contribution < 1.29 is 9.59 Å². The number of benzene rings is 2. The van der Waals surface area contributed by atoms with Gasteiger partial charge in [0.1, 0.15) is 11.9 Å². The lowest BCUT2D eigenvalue weighted by molar-refractivity contribution is -0.124. The second-order valence-electron chi connectivity index (χ2n) is 6.68. The molecule has 0 spiro atoms. The van der Waals surface area contributed by atoms with E-state index in [0.29, 0.717) is 17.5 Å². The normalized spacial score (nSPS) is 18.7. The van der Waals surface area contributed by atoms with Gasteiger partial charge in [0.25, 0.3) is 5.91 Å². The fourth-order valence-corrected chi connectivity index (χ4v) is 4.03. The second-order valence-corrected chi connectivity index (χ2v) is 7.99. The number of fused-ring (bicyclic) bond motifs is 3. The Morgan fingerprint density at radius 1 is 1.18 bits per heavy atom. The summed E-state index contributed by atoms with van der Waals surface area (Å²) in [5.74, 6) is 0.392. The van der Waals surface area contributed by atoms with E-state index in [2.05, 4.69) is 15.3 Å². The van der Waals surface area contributed by atoms with Crippen molar-refractivity contribution in [3.63, 3.8) is 0 Å². The molecule has 2 atom stereocenters. The van der Waals surface area contributed by atoms with Crippen molar-refractivity contribution in [2.24, 2.45) is 9.98 Å². The van der Waals surface area contributed by atoms with E-state index >= 15 is 0 Å². The highest BCUT2D eigenvalue weighted by atomic mass is 32.2. The Balaban J connectivity index is 1.52. The van der Waals surface area contributed by atoms with Crippen LogP contribution in [0.1, 0.15) is 25.0 Å². The number of rotatable bonds is 4. The average molecular weight is 392 g/mol. The number of hydrogen-bond donors (Lipinski definition) is 1. The Hall–Kier alpha value is -2.93. The first-order valence-corrected chi connectivity index (χ1v) is 10.0. The molecule has 28 heavy (non-hydrogen) atoms. The molecule has 4 rings (SSSR count). The molecular weight excluding hydrogens is 372 g/mol. The summed E-state index contributed by atoms with van der Waals surface area (Å²) < 4.78 is 0. The number of carbonyl (C=O) groups excluding carboxylic acids is 2. The van der Waals surface area contributed by atoms with E-state index in [1.54, 1.807) is 11.8 Å². The number of amidine groups is 2. The van der Waals surface area contributed by atoms with Crippen LogP contribution in [0.25, 0.3) is 0 Å². The van der Waals surface area contributed by atoms with E-state index in [9.17, 15) is 9.59 Å². The van der Waals surface area contributed by atoms with Gasteiger partial charge in [-0.3, -0.25) is 14.6 Å². The van der Waals surface area contributed by atoms with Gasteiger partial charge in [-0.15, -0.1) is 0 Å². The van der Waals surface area contributed by atoms with Crippen molar-refractivity contribution in [2.75, 3.05) is 0 Å². The SMILES string of the molecule is C[C@H](SC1=Nc2ccccc2C2=N[C@H](C)C(=O)N12)C(=O)NCc1ccccc1. The highest BCUT2D eigenvalue weighted by molar-refractivity contribution is 8.15. The number of aliphatic imine (C=N–C) groups is 2. The number of para-hydroxylation sites is 1. The molecule has 0 unspecified atom stereocenters. The molecule has 142 valence electrons. The van der Waals surface area contributed by atoms with E-state index in [1.807, 2.05) is 61.5 Å². The number of nitrogens with zero attached hydrogens (tertiary/aromatic N) is 3. The Morgan fingerprint density at radius 3 is 2.68 bits per heavy atom. The molecule has 0 aliphatic carbocycles. The molecule has 7 heteroatoms. The number of thioether (sulfide) groups is 1. The molecule has 2 aromatic rings. The van der Waals surface area contributed by atoms with Gasteiger partial charge < -0.3 is 5.32 Å². The summed E-state index contributed by atoms with van der Waals surface area (Å²) >= 11 is 1.27. The lowest BCUT2D eigenvalue weighted by Crippen LogP contribution is -2.42. The van der Waals surface area contributed by atoms with E-state index in [4.69, 9.17) is 0 Å². The first-order chi connectivity index (χ1) is 13.5. The molecule has 0 fully saturated rings. The van der Waals surface area contributed by atoms with Gasteiger partial charge in [0.2, 0.25) is 5.91 Å². The zero-order chi connectivity index (χ0) is 19.7. The summed E-state index contributed by atoms with van der Waals surface area (Å²) in [4.78, 5) is 35.9. The van der Waals surface area contributed by atoms with Crippen LogP contribution in [0.4, 0.5) is 5.69 Å². The first-order valence-electron chi connectivity index (χ1n) is 9.13. The van der Waals surface area contributed by atoms with Crippen molar-refractivity contribution in [1.29, 1.82) is 0 Å². The molecule has 2 aromatic carbocycles. The smallest absolute Gasteiger partial charge is 0.258 e. The van der Waals surface area contributed by atoms with Crippen molar-refractivity contribution in [3.8, 4) is 0 Å². The molecule has 2 aliphatic heterocycles. The molecule has 2 amide bonds. The van der Waals surface area contributed by atoms with Crippen molar-refractivity contribution in [3.05, 3.63) is 65.7 Å². The molecule has 0 saturated carbocycles. The minimum atomic E-state index is -0.450. The van der Waals surface area contributed by atoms with Crippen LogP contribution in [0.15, 0.2) is 64.6 Å². The molecule has 0 aromatic heterocycles. The summed E-state index contributed by atoms with van der Waals surface area (Å²) in [6.45, 7) is 4.05. The maximum absolute atomic E-state index is 12.6. The zero-order valence-corrected chi connectivity index (χ0v) is 16.4. The summed E-state index contributed by atoms with van der Waals surface area (Å²) in [5, 5.41) is 3.03. The summed E-state index contributed by atoms with van der Waals surface area (Å²) in [6.07, 6.45) is 0. The third-order valence-electron chi connectivity index (χ3n) is 4.62. The number of hydrogen-bond acceptors (Lipinski definition) is 5. The predicted molar refractivity (Wildman–Crippen MR) is 112 cm³/mol. The van der Waals surface area contributed by atoms with Gasteiger partial charge in [0, 0.05) is 12.1 Å². The molecular formula is C21H20N4O2S. The number of carbonyl (C=O) groups is 2.